The van der Waals surface area contributed by atoms with Crippen LogP contribution in [-0.2, 0) is 19.1 Å². The number of nitriles is 1. The molecular formula is C25H32N2O5. The molecule has 2 aliphatic rings. The number of hydrogen-bond donors (Lipinski definition) is 0. The van der Waals surface area contributed by atoms with Crippen LogP contribution < -0.4 is 4.74 Å². The Hall–Kier alpha value is -3.01. The van der Waals surface area contributed by atoms with Crippen LogP contribution in [0.3, 0.4) is 0 Å². The third-order valence-electron chi connectivity index (χ3n) is 6.27. The highest BCUT2D eigenvalue weighted by atomic mass is 16.6. The van der Waals surface area contributed by atoms with Crippen molar-refractivity contribution >= 4 is 11.9 Å². The first-order valence-electron chi connectivity index (χ1n) is 11.3. The van der Waals surface area contributed by atoms with E-state index in [4.69, 9.17) is 14.2 Å². The fourth-order valence-electron chi connectivity index (χ4n) is 4.69. The smallest absolute Gasteiger partial charge is 0.303 e. The lowest BCUT2D eigenvalue weighted by atomic mass is 9.76. The van der Waals surface area contributed by atoms with E-state index in [9.17, 15) is 14.9 Å². The van der Waals surface area contributed by atoms with Gasteiger partial charge in [-0.2, -0.15) is 5.26 Å². The third-order valence-corrected chi connectivity index (χ3v) is 6.27. The van der Waals surface area contributed by atoms with Gasteiger partial charge in [-0.15, -0.1) is 0 Å². The SMILES string of the molecule is CCCCC1(CCCC)Oc2ccc(C#N)cc2[C@@H](N2CC(OC)=CC2=O)[C@@H]1OC(C)=O. The van der Waals surface area contributed by atoms with Crippen LogP contribution >= 0.6 is 0 Å². The van der Waals surface area contributed by atoms with Crippen LogP contribution in [0.4, 0.5) is 0 Å². The summed E-state index contributed by atoms with van der Waals surface area (Å²) in [5.74, 6) is 0.545. The van der Waals surface area contributed by atoms with Crippen molar-refractivity contribution in [3.8, 4) is 11.8 Å². The number of ether oxygens (including phenoxy) is 3. The Balaban J connectivity index is 2.19. The molecule has 0 aliphatic carbocycles. The van der Waals surface area contributed by atoms with Gasteiger partial charge >= 0.3 is 5.97 Å². The Bertz CT molecular complexity index is 925. The molecule has 32 heavy (non-hydrogen) atoms. The molecular weight excluding hydrogens is 408 g/mol. The first-order valence-corrected chi connectivity index (χ1v) is 11.3. The van der Waals surface area contributed by atoms with Crippen LogP contribution in [0.5, 0.6) is 5.75 Å². The second kappa shape index (κ2) is 10.1. The zero-order chi connectivity index (χ0) is 23.3. The summed E-state index contributed by atoms with van der Waals surface area (Å²) >= 11 is 0. The number of esters is 1. The molecule has 0 aromatic heterocycles. The van der Waals surface area contributed by atoms with Gasteiger partial charge in [0, 0.05) is 18.6 Å². The molecule has 0 saturated carbocycles. The summed E-state index contributed by atoms with van der Waals surface area (Å²) in [6, 6.07) is 6.83. The third kappa shape index (κ3) is 4.59. The van der Waals surface area contributed by atoms with Gasteiger partial charge in [0.05, 0.1) is 25.3 Å². The second-order valence-electron chi connectivity index (χ2n) is 8.49. The average molecular weight is 441 g/mol. The quantitative estimate of drug-likeness (QED) is 0.528. The molecule has 7 heteroatoms. The van der Waals surface area contributed by atoms with Crippen molar-refractivity contribution in [2.45, 2.75) is 77.0 Å². The van der Waals surface area contributed by atoms with E-state index in [-0.39, 0.29) is 12.5 Å². The van der Waals surface area contributed by atoms with Crippen molar-refractivity contribution in [1.29, 1.82) is 5.26 Å². The Kier molecular flexibility index (Phi) is 7.44. The number of amides is 1. The monoisotopic (exact) mass is 440 g/mol. The van der Waals surface area contributed by atoms with Crippen LogP contribution in [0.15, 0.2) is 30.0 Å². The second-order valence-corrected chi connectivity index (χ2v) is 8.49. The first-order chi connectivity index (χ1) is 15.4. The van der Waals surface area contributed by atoms with Gasteiger partial charge in [0.2, 0.25) is 0 Å². The van der Waals surface area contributed by atoms with Crippen molar-refractivity contribution in [2.24, 2.45) is 0 Å². The maximum atomic E-state index is 13.0. The summed E-state index contributed by atoms with van der Waals surface area (Å²) in [5.41, 5.74) is 0.373. The molecule has 0 fully saturated rings. The van der Waals surface area contributed by atoms with Crippen molar-refractivity contribution in [1.82, 2.24) is 4.90 Å². The van der Waals surface area contributed by atoms with Crippen LogP contribution in [0.2, 0.25) is 0 Å². The summed E-state index contributed by atoms with van der Waals surface area (Å²) in [7, 11) is 1.53. The van der Waals surface area contributed by atoms with Crippen LogP contribution in [0.1, 0.15) is 76.5 Å². The summed E-state index contributed by atoms with van der Waals surface area (Å²) in [4.78, 5) is 26.9. The number of hydrogen-bond acceptors (Lipinski definition) is 6. The Morgan fingerprint density at radius 2 is 1.97 bits per heavy atom. The highest BCUT2D eigenvalue weighted by Crippen LogP contribution is 2.49. The van der Waals surface area contributed by atoms with Gasteiger partial charge in [-0.1, -0.05) is 26.7 Å². The summed E-state index contributed by atoms with van der Waals surface area (Å²) in [5, 5.41) is 9.48. The summed E-state index contributed by atoms with van der Waals surface area (Å²) in [6.45, 7) is 5.88. The zero-order valence-corrected chi connectivity index (χ0v) is 19.3. The highest BCUT2D eigenvalue weighted by molar-refractivity contribution is 5.91. The predicted octanol–water partition coefficient (Wildman–Crippen LogP) is 4.42. The average Bonchev–Trinajstić information content (AvgIpc) is 3.16. The van der Waals surface area contributed by atoms with Gasteiger partial charge in [-0.05, 0) is 43.9 Å². The molecule has 3 rings (SSSR count). The first kappa shape index (κ1) is 23.6. The van der Waals surface area contributed by atoms with E-state index in [1.54, 1.807) is 23.1 Å². The molecule has 1 aromatic rings. The van der Waals surface area contributed by atoms with Gasteiger partial charge in [0.1, 0.15) is 23.2 Å². The van der Waals surface area contributed by atoms with Gasteiger partial charge < -0.3 is 19.1 Å². The number of carbonyl (C=O) groups is 2. The van der Waals surface area contributed by atoms with Crippen molar-refractivity contribution < 1.29 is 23.8 Å². The maximum absolute atomic E-state index is 13.0. The molecule has 1 aromatic carbocycles. The van der Waals surface area contributed by atoms with Gasteiger partial charge in [0.25, 0.3) is 5.91 Å². The Labute approximate surface area is 189 Å². The van der Waals surface area contributed by atoms with E-state index in [1.165, 1.54) is 20.1 Å². The molecule has 2 heterocycles. The highest BCUT2D eigenvalue weighted by Gasteiger charge is 2.54. The van der Waals surface area contributed by atoms with Crippen molar-refractivity contribution in [3.05, 3.63) is 41.2 Å². The molecule has 0 spiro atoms. The molecule has 0 bridgehead atoms. The number of nitrogens with zero attached hydrogens (tertiary/aromatic N) is 2. The number of unbranched alkanes of at least 4 members (excludes halogenated alkanes) is 2. The minimum Gasteiger partial charge on any atom is -0.499 e. The summed E-state index contributed by atoms with van der Waals surface area (Å²) in [6.07, 6.45) is 5.89. The molecule has 0 N–H and O–H groups in total. The zero-order valence-electron chi connectivity index (χ0n) is 19.3. The standard InChI is InChI=1S/C25H32N2O5/c1-5-7-11-25(12-8-6-2)24(31-17(3)28)23(27-16-19(30-4)14-22(27)29)20-13-18(15-26)9-10-21(20)32-25/h9-10,13-14,23-24H,5-8,11-12,16H2,1-4H3/t23-,24+/m1/s1. The number of carbonyl (C=O) groups excluding carboxylic acids is 2. The summed E-state index contributed by atoms with van der Waals surface area (Å²) < 4.78 is 18.0. The fraction of sp³-hybridized carbons (Fsp3) is 0.560. The molecule has 0 saturated heterocycles. The lowest BCUT2D eigenvalue weighted by Crippen LogP contribution is -2.59. The van der Waals surface area contributed by atoms with E-state index in [0.717, 1.165) is 25.7 Å². The Morgan fingerprint density at radius 3 is 2.50 bits per heavy atom. The van der Waals surface area contributed by atoms with Crippen LogP contribution in [0.25, 0.3) is 0 Å². The van der Waals surface area contributed by atoms with E-state index in [0.29, 0.717) is 35.5 Å². The fourth-order valence-corrected chi connectivity index (χ4v) is 4.69. The molecule has 0 unspecified atom stereocenters. The molecule has 2 atom stereocenters. The molecule has 172 valence electrons. The topological polar surface area (TPSA) is 88.9 Å². The number of methoxy groups -OCH3 is 1. The number of rotatable bonds is 9. The maximum Gasteiger partial charge on any atom is 0.303 e. The van der Waals surface area contributed by atoms with Gasteiger partial charge in [0.15, 0.2) is 6.10 Å². The van der Waals surface area contributed by atoms with Gasteiger partial charge in [-0.25, -0.2) is 0 Å². The number of benzene rings is 1. The lowest BCUT2D eigenvalue weighted by molar-refractivity contribution is -0.178. The largest absolute Gasteiger partial charge is 0.499 e. The Morgan fingerprint density at radius 1 is 1.28 bits per heavy atom. The predicted molar refractivity (Wildman–Crippen MR) is 119 cm³/mol. The van der Waals surface area contributed by atoms with E-state index in [2.05, 4.69) is 19.9 Å². The van der Waals surface area contributed by atoms with Crippen LogP contribution in [0, 0.1) is 11.3 Å². The minimum atomic E-state index is -0.764. The van der Waals surface area contributed by atoms with Crippen molar-refractivity contribution in [3.63, 3.8) is 0 Å². The molecule has 2 aliphatic heterocycles. The van der Waals surface area contributed by atoms with Gasteiger partial charge in [-0.3, -0.25) is 9.59 Å². The normalized spacial score (nSPS) is 21.3. The van der Waals surface area contributed by atoms with Crippen molar-refractivity contribution in [2.75, 3.05) is 13.7 Å². The lowest BCUT2D eigenvalue weighted by Gasteiger charge is -2.50. The molecule has 7 nitrogen and oxygen atoms in total. The van der Waals surface area contributed by atoms with Crippen LogP contribution in [-0.4, -0.2) is 42.1 Å². The van der Waals surface area contributed by atoms with E-state index < -0.39 is 23.7 Å². The van der Waals surface area contributed by atoms with E-state index >= 15 is 0 Å². The van der Waals surface area contributed by atoms with E-state index in [1.807, 2.05) is 0 Å². The minimum absolute atomic E-state index is 0.209. The molecule has 1 amide bonds. The number of fused-ring (bicyclic) bond motifs is 1. The molecule has 0 radical (unpaired) electrons.